The van der Waals surface area contributed by atoms with Gasteiger partial charge in [-0.15, -0.1) is 11.3 Å². The number of hydrogen-bond acceptors (Lipinski definition) is 4. The van der Waals surface area contributed by atoms with E-state index in [4.69, 9.17) is 0 Å². The zero-order valence-electron chi connectivity index (χ0n) is 12.9. The van der Waals surface area contributed by atoms with Crippen molar-refractivity contribution in [2.45, 2.75) is 51.0 Å². The summed E-state index contributed by atoms with van der Waals surface area (Å²) in [7, 11) is -3.35. The highest BCUT2D eigenvalue weighted by Crippen LogP contribution is 2.30. The first-order valence-electron chi connectivity index (χ1n) is 7.80. The summed E-state index contributed by atoms with van der Waals surface area (Å²) in [6.07, 6.45) is 4.66. The quantitative estimate of drug-likeness (QED) is 0.721. The highest BCUT2D eigenvalue weighted by Gasteiger charge is 2.25. The lowest BCUT2D eigenvalue weighted by atomic mass is 9.99. The molecule has 1 aromatic rings. The fourth-order valence-electron chi connectivity index (χ4n) is 2.81. The Morgan fingerprint density at radius 1 is 1.38 bits per heavy atom. The Morgan fingerprint density at radius 3 is 2.86 bits per heavy atom. The number of nitrogens with one attached hydrogen (secondary N) is 2. The maximum absolute atomic E-state index is 12.3. The lowest BCUT2D eigenvalue weighted by Gasteiger charge is -2.15. The molecule has 21 heavy (non-hydrogen) atoms. The van der Waals surface area contributed by atoms with Crippen LogP contribution >= 0.6 is 11.3 Å². The first-order chi connectivity index (χ1) is 10.0. The average Bonchev–Trinajstić information content (AvgIpc) is 3.06. The molecule has 0 radical (unpaired) electrons. The predicted octanol–water partition coefficient (Wildman–Crippen LogP) is 2.96. The van der Waals surface area contributed by atoms with Gasteiger partial charge in [0.15, 0.2) is 0 Å². The summed E-state index contributed by atoms with van der Waals surface area (Å²) in [6, 6.07) is 1.79. The minimum atomic E-state index is -3.35. The van der Waals surface area contributed by atoms with Crippen LogP contribution in [0.4, 0.5) is 0 Å². The molecule has 120 valence electrons. The number of hydrogen-bond donors (Lipinski definition) is 2. The van der Waals surface area contributed by atoms with Crippen molar-refractivity contribution in [1.29, 1.82) is 0 Å². The Hall–Kier alpha value is -0.430. The number of rotatable bonds is 8. The second-order valence-electron chi connectivity index (χ2n) is 5.95. The fraction of sp³-hybridized carbons (Fsp3) is 0.733. The Balaban J connectivity index is 1.89. The Labute approximate surface area is 132 Å². The van der Waals surface area contributed by atoms with Crippen LogP contribution in [0.1, 0.15) is 44.4 Å². The zero-order valence-corrected chi connectivity index (χ0v) is 14.5. The van der Waals surface area contributed by atoms with Crippen LogP contribution in [0.2, 0.25) is 0 Å². The minimum Gasteiger partial charge on any atom is -0.312 e. The fourth-order valence-corrected chi connectivity index (χ4v) is 5.15. The van der Waals surface area contributed by atoms with Crippen LogP contribution in [0.25, 0.3) is 0 Å². The van der Waals surface area contributed by atoms with Gasteiger partial charge in [-0.2, -0.15) is 0 Å². The Morgan fingerprint density at radius 2 is 2.19 bits per heavy atom. The molecular formula is C15H26N2O2S2. The molecule has 6 heteroatoms. The summed E-state index contributed by atoms with van der Waals surface area (Å²) < 4.78 is 27.4. The zero-order chi connectivity index (χ0) is 15.3. The molecule has 4 nitrogen and oxygen atoms in total. The molecule has 0 aliphatic heterocycles. The monoisotopic (exact) mass is 330 g/mol. The number of sulfonamides is 1. The van der Waals surface area contributed by atoms with Crippen LogP contribution in [0.3, 0.4) is 0 Å². The van der Waals surface area contributed by atoms with Gasteiger partial charge in [0.25, 0.3) is 0 Å². The van der Waals surface area contributed by atoms with Crippen molar-refractivity contribution in [2.24, 2.45) is 11.8 Å². The van der Waals surface area contributed by atoms with Crippen molar-refractivity contribution in [3.63, 3.8) is 0 Å². The topological polar surface area (TPSA) is 58.2 Å². The Kier molecular flexibility index (Phi) is 6.22. The highest BCUT2D eigenvalue weighted by atomic mass is 32.2. The molecule has 0 saturated heterocycles. The summed E-state index contributed by atoms with van der Waals surface area (Å²) in [5, 5.41) is 5.03. The van der Waals surface area contributed by atoms with Crippen LogP contribution in [-0.2, 0) is 16.6 Å². The second-order valence-corrected chi connectivity index (χ2v) is 8.71. The molecule has 0 amide bonds. The van der Waals surface area contributed by atoms with Crippen LogP contribution in [0, 0.1) is 11.8 Å². The van der Waals surface area contributed by atoms with Crippen LogP contribution in [-0.4, -0.2) is 21.5 Å². The van der Waals surface area contributed by atoms with E-state index in [-0.39, 0.29) is 0 Å². The van der Waals surface area contributed by atoms with E-state index in [0.29, 0.717) is 23.3 Å². The molecule has 2 rings (SSSR count). The molecule has 2 N–H and O–H groups in total. The molecule has 0 spiro atoms. The molecular weight excluding hydrogens is 304 g/mol. The lowest BCUT2D eigenvalue weighted by Crippen LogP contribution is -2.30. The van der Waals surface area contributed by atoms with Crippen molar-refractivity contribution < 1.29 is 8.42 Å². The molecule has 0 aromatic carbocycles. The van der Waals surface area contributed by atoms with Gasteiger partial charge in [-0.05, 0) is 37.3 Å². The van der Waals surface area contributed by atoms with Gasteiger partial charge in [-0.3, -0.25) is 0 Å². The van der Waals surface area contributed by atoms with Crippen molar-refractivity contribution >= 4 is 21.4 Å². The van der Waals surface area contributed by atoms with Crippen molar-refractivity contribution in [3.05, 3.63) is 16.3 Å². The van der Waals surface area contributed by atoms with Gasteiger partial charge in [0.05, 0.1) is 4.90 Å². The summed E-state index contributed by atoms with van der Waals surface area (Å²) >= 11 is 1.50. The molecule has 1 heterocycles. The summed E-state index contributed by atoms with van der Waals surface area (Å²) in [5.74, 6) is 1.12. The summed E-state index contributed by atoms with van der Waals surface area (Å²) in [6.45, 7) is 6.60. The third kappa shape index (κ3) is 4.77. The SMILES string of the molecule is CCCNCc1cc(S(=O)(=O)NCC2CCCC2C)cs1. The van der Waals surface area contributed by atoms with Crippen LogP contribution in [0.15, 0.2) is 16.3 Å². The van der Waals surface area contributed by atoms with Gasteiger partial charge in [-0.1, -0.05) is 26.7 Å². The van der Waals surface area contributed by atoms with Crippen molar-refractivity contribution in [2.75, 3.05) is 13.1 Å². The Bertz CT molecular complexity index is 540. The van der Waals surface area contributed by atoms with Crippen molar-refractivity contribution in [3.8, 4) is 0 Å². The molecule has 2 atom stereocenters. The van der Waals surface area contributed by atoms with Gasteiger partial charge in [0, 0.05) is 23.3 Å². The smallest absolute Gasteiger partial charge is 0.241 e. The normalized spacial score (nSPS) is 22.8. The van der Waals surface area contributed by atoms with E-state index in [1.54, 1.807) is 11.4 Å². The molecule has 1 fully saturated rings. The van der Waals surface area contributed by atoms with Gasteiger partial charge in [-0.25, -0.2) is 13.1 Å². The van der Waals surface area contributed by atoms with Gasteiger partial charge in [0.1, 0.15) is 0 Å². The largest absolute Gasteiger partial charge is 0.312 e. The third-order valence-corrected chi connectivity index (χ3v) is 6.73. The molecule has 1 saturated carbocycles. The highest BCUT2D eigenvalue weighted by molar-refractivity contribution is 7.89. The van der Waals surface area contributed by atoms with Gasteiger partial charge < -0.3 is 5.32 Å². The van der Waals surface area contributed by atoms with E-state index < -0.39 is 10.0 Å². The predicted molar refractivity (Wildman–Crippen MR) is 88.0 cm³/mol. The van der Waals surface area contributed by atoms with Crippen LogP contribution < -0.4 is 10.0 Å². The van der Waals surface area contributed by atoms with Crippen LogP contribution in [0.5, 0.6) is 0 Å². The molecule has 2 unspecified atom stereocenters. The second kappa shape index (κ2) is 7.72. The maximum Gasteiger partial charge on any atom is 0.241 e. The first kappa shape index (κ1) is 16.9. The van der Waals surface area contributed by atoms with Crippen molar-refractivity contribution in [1.82, 2.24) is 10.0 Å². The minimum absolute atomic E-state index is 0.409. The van der Waals surface area contributed by atoms with E-state index in [1.165, 1.54) is 24.2 Å². The lowest BCUT2D eigenvalue weighted by molar-refractivity contribution is 0.414. The molecule has 1 aliphatic rings. The maximum atomic E-state index is 12.3. The van der Waals surface area contributed by atoms with E-state index >= 15 is 0 Å². The summed E-state index contributed by atoms with van der Waals surface area (Å²) in [4.78, 5) is 1.48. The molecule has 1 aromatic heterocycles. The first-order valence-corrected chi connectivity index (χ1v) is 10.2. The van der Waals surface area contributed by atoms with Gasteiger partial charge >= 0.3 is 0 Å². The molecule has 1 aliphatic carbocycles. The van der Waals surface area contributed by atoms with Gasteiger partial charge in [0.2, 0.25) is 10.0 Å². The summed E-state index contributed by atoms with van der Waals surface area (Å²) in [5.41, 5.74) is 0. The van der Waals surface area contributed by atoms with E-state index in [0.717, 1.165) is 30.8 Å². The number of thiophene rings is 1. The van der Waals surface area contributed by atoms with E-state index in [9.17, 15) is 8.42 Å². The average molecular weight is 331 g/mol. The standard InChI is InChI=1S/C15H26N2O2S2/c1-3-7-16-10-14-8-15(11-20-14)21(18,19)17-9-13-6-4-5-12(13)2/h8,11-13,16-17H,3-7,9-10H2,1-2H3. The third-order valence-electron chi connectivity index (χ3n) is 4.24. The van der Waals surface area contributed by atoms with E-state index in [2.05, 4.69) is 23.9 Å². The van der Waals surface area contributed by atoms with E-state index in [1.807, 2.05) is 0 Å². The molecule has 0 bridgehead atoms.